The van der Waals surface area contributed by atoms with Crippen LogP contribution in [0.4, 0.5) is 0 Å². The molecule has 3 nitrogen and oxygen atoms in total. The zero-order valence-corrected chi connectivity index (χ0v) is 14.3. The second-order valence-corrected chi connectivity index (χ2v) is 6.51. The van der Waals surface area contributed by atoms with E-state index in [0.29, 0.717) is 16.2 Å². The largest absolute Gasteiger partial charge is 0.306 e. The molecule has 2 rings (SSSR count). The van der Waals surface area contributed by atoms with Crippen molar-refractivity contribution in [2.45, 2.75) is 40.0 Å². The minimum absolute atomic E-state index is 0.116. The van der Waals surface area contributed by atoms with Crippen LogP contribution in [0.5, 0.6) is 0 Å². The molecule has 0 fully saturated rings. The smallest absolute Gasteiger partial charge is 0.265 e. The summed E-state index contributed by atoms with van der Waals surface area (Å²) in [7, 11) is 0. The molecule has 0 aliphatic carbocycles. The number of aromatic nitrogens is 2. The van der Waals surface area contributed by atoms with Gasteiger partial charge >= 0.3 is 0 Å². The van der Waals surface area contributed by atoms with E-state index in [4.69, 9.17) is 0 Å². The fraction of sp³-hybridized carbons (Fsp3) is 0.412. The van der Waals surface area contributed by atoms with Crippen molar-refractivity contribution in [2.24, 2.45) is 5.92 Å². The van der Waals surface area contributed by atoms with Gasteiger partial charge < -0.3 is 4.98 Å². The highest BCUT2D eigenvalue weighted by atomic mass is 79.9. The van der Waals surface area contributed by atoms with Gasteiger partial charge in [-0.2, -0.15) is 0 Å². The van der Waals surface area contributed by atoms with Crippen LogP contribution in [-0.2, 0) is 12.8 Å². The summed E-state index contributed by atoms with van der Waals surface area (Å²) in [5.41, 5.74) is 2.96. The molecular weight excluding hydrogens is 328 g/mol. The number of hydrogen-bond acceptors (Lipinski definition) is 2. The van der Waals surface area contributed by atoms with E-state index >= 15 is 0 Å². The molecule has 0 saturated carbocycles. The average Bonchev–Trinajstić information content (AvgIpc) is 2.44. The molecular formula is C17H21BrN2O. The first-order valence-electron chi connectivity index (χ1n) is 7.39. The van der Waals surface area contributed by atoms with Crippen LogP contribution in [0.1, 0.15) is 38.4 Å². The molecule has 0 spiro atoms. The Hall–Kier alpha value is -1.42. The Morgan fingerprint density at radius 3 is 2.48 bits per heavy atom. The predicted molar refractivity (Wildman–Crippen MR) is 90.5 cm³/mol. The molecule has 0 aliphatic rings. The lowest BCUT2D eigenvalue weighted by Gasteiger charge is -2.08. The Balaban J connectivity index is 2.35. The number of rotatable bonds is 5. The molecule has 1 aromatic carbocycles. The second-order valence-electron chi connectivity index (χ2n) is 5.72. The van der Waals surface area contributed by atoms with E-state index in [2.05, 4.69) is 58.8 Å². The molecule has 0 bridgehead atoms. The standard InChI is InChI=1S/C17H21BrN2O/c1-4-5-14-15(18)17(21)20-16(19-14)13-8-6-12(7-9-13)10-11(2)3/h6-9,11H,4-5,10H2,1-3H3,(H,19,20,21). The SMILES string of the molecule is CCCc1nc(-c2ccc(CC(C)C)cc2)[nH]c(=O)c1Br. The molecule has 0 aliphatic heterocycles. The number of aromatic amines is 1. The van der Waals surface area contributed by atoms with Crippen molar-refractivity contribution < 1.29 is 0 Å². The van der Waals surface area contributed by atoms with Gasteiger partial charge in [0.1, 0.15) is 10.3 Å². The topological polar surface area (TPSA) is 45.8 Å². The molecule has 1 aromatic heterocycles. The first kappa shape index (κ1) is 16.0. The maximum atomic E-state index is 12.0. The Bertz CT molecular complexity index is 659. The fourth-order valence-electron chi connectivity index (χ4n) is 2.31. The Morgan fingerprint density at radius 2 is 1.90 bits per heavy atom. The van der Waals surface area contributed by atoms with E-state index in [-0.39, 0.29) is 5.56 Å². The summed E-state index contributed by atoms with van der Waals surface area (Å²) in [5.74, 6) is 1.28. The van der Waals surface area contributed by atoms with Crippen LogP contribution in [0.15, 0.2) is 33.5 Å². The second kappa shape index (κ2) is 7.03. The highest BCUT2D eigenvalue weighted by Crippen LogP contribution is 2.19. The van der Waals surface area contributed by atoms with Gasteiger partial charge in [-0.3, -0.25) is 4.79 Å². The van der Waals surface area contributed by atoms with Gasteiger partial charge in [-0.25, -0.2) is 4.98 Å². The van der Waals surface area contributed by atoms with Gasteiger partial charge in [0.2, 0.25) is 0 Å². The molecule has 0 saturated heterocycles. The van der Waals surface area contributed by atoms with E-state index in [1.54, 1.807) is 0 Å². The zero-order valence-electron chi connectivity index (χ0n) is 12.7. The summed E-state index contributed by atoms with van der Waals surface area (Å²) in [6.45, 7) is 6.49. The van der Waals surface area contributed by atoms with Gasteiger partial charge in [-0.05, 0) is 40.3 Å². The molecule has 0 amide bonds. The highest BCUT2D eigenvalue weighted by Gasteiger charge is 2.10. The first-order chi connectivity index (χ1) is 10.0. The molecule has 0 radical (unpaired) electrons. The lowest BCUT2D eigenvalue weighted by atomic mass is 10.0. The van der Waals surface area contributed by atoms with E-state index in [9.17, 15) is 4.79 Å². The van der Waals surface area contributed by atoms with Crippen molar-refractivity contribution in [3.05, 3.63) is 50.3 Å². The van der Waals surface area contributed by atoms with Gasteiger partial charge in [0, 0.05) is 5.56 Å². The lowest BCUT2D eigenvalue weighted by molar-refractivity contribution is 0.647. The number of nitrogens with zero attached hydrogens (tertiary/aromatic N) is 1. The Morgan fingerprint density at radius 1 is 1.24 bits per heavy atom. The summed E-state index contributed by atoms with van der Waals surface area (Å²) in [6, 6.07) is 8.27. The third-order valence-electron chi connectivity index (χ3n) is 3.29. The Kier molecular flexibility index (Phi) is 5.34. The van der Waals surface area contributed by atoms with Crippen LogP contribution in [0.2, 0.25) is 0 Å². The van der Waals surface area contributed by atoms with Crippen LogP contribution in [0.25, 0.3) is 11.4 Å². The maximum absolute atomic E-state index is 12.0. The van der Waals surface area contributed by atoms with Gasteiger partial charge in [0.05, 0.1) is 5.69 Å². The van der Waals surface area contributed by atoms with Gasteiger partial charge in [-0.1, -0.05) is 51.5 Å². The number of H-pyrrole nitrogens is 1. The highest BCUT2D eigenvalue weighted by molar-refractivity contribution is 9.10. The molecule has 1 heterocycles. The summed E-state index contributed by atoms with van der Waals surface area (Å²) < 4.78 is 0.546. The van der Waals surface area contributed by atoms with Crippen LogP contribution in [0, 0.1) is 5.92 Å². The van der Waals surface area contributed by atoms with Crippen molar-refractivity contribution in [3.63, 3.8) is 0 Å². The van der Waals surface area contributed by atoms with Crippen LogP contribution in [0.3, 0.4) is 0 Å². The number of benzene rings is 1. The first-order valence-corrected chi connectivity index (χ1v) is 8.18. The van der Waals surface area contributed by atoms with Gasteiger partial charge in [0.15, 0.2) is 0 Å². The quantitative estimate of drug-likeness (QED) is 0.872. The Labute approximate surface area is 134 Å². The summed E-state index contributed by atoms with van der Waals surface area (Å²) >= 11 is 3.32. The van der Waals surface area contributed by atoms with Gasteiger partial charge in [-0.15, -0.1) is 0 Å². The van der Waals surface area contributed by atoms with Crippen molar-refractivity contribution in [3.8, 4) is 11.4 Å². The fourth-order valence-corrected chi connectivity index (χ4v) is 2.70. The lowest BCUT2D eigenvalue weighted by Crippen LogP contribution is -2.13. The van der Waals surface area contributed by atoms with Crippen molar-refractivity contribution in [2.75, 3.05) is 0 Å². The molecule has 2 aromatic rings. The summed E-state index contributed by atoms with van der Waals surface area (Å²) in [4.78, 5) is 19.4. The number of hydrogen-bond donors (Lipinski definition) is 1. The third-order valence-corrected chi connectivity index (χ3v) is 4.11. The van der Waals surface area contributed by atoms with E-state index in [0.717, 1.165) is 30.5 Å². The minimum Gasteiger partial charge on any atom is -0.306 e. The third kappa shape index (κ3) is 4.03. The molecule has 21 heavy (non-hydrogen) atoms. The summed E-state index contributed by atoms with van der Waals surface area (Å²) in [5, 5.41) is 0. The minimum atomic E-state index is -0.116. The zero-order chi connectivity index (χ0) is 15.4. The number of halogens is 1. The molecule has 0 unspecified atom stereocenters. The summed E-state index contributed by atoms with van der Waals surface area (Å²) in [6.07, 6.45) is 2.82. The van der Waals surface area contributed by atoms with Crippen LogP contribution >= 0.6 is 15.9 Å². The van der Waals surface area contributed by atoms with E-state index < -0.39 is 0 Å². The monoisotopic (exact) mass is 348 g/mol. The van der Waals surface area contributed by atoms with Crippen molar-refractivity contribution in [1.82, 2.24) is 9.97 Å². The van der Waals surface area contributed by atoms with Crippen molar-refractivity contribution >= 4 is 15.9 Å². The molecule has 112 valence electrons. The molecule has 1 N–H and O–H groups in total. The number of aryl methyl sites for hydroxylation is 1. The normalized spacial score (nSPS) is 11.1. The van der Waals surface area contributed by atoms with Gasteiger partial charge in [0.25, 0.3) is 5.56 Å². The van der Waals surface area contributed by atoms with E-state index in [1.807, 2.05) is 12.1 Å². The average molecular weight is 349 g/mol. The van der Waals surface area contributed by atoms with Crippen LogP contribution < -0.4 is 5.56 Å². The number of nitrogens with one attached hydrogen (secondary N) is 1. The maximum Gasteiger partial charge on any atom is 0.265 e. The molecule has 0 atom stereocenters. The van der Waals surface area contributed by atoms with Crippen LogP contribution in [-0.4, -0.2) is 9.97 Å². The predicted octanol–water partition coefficient (Wildman–Crippen LogP) is 4.35. The molecule has 4 heteroatoms. The van der Waals surface area contributed by atoms with Crippen molar-refractivity contribution in [1.29, 1.82) is 0 Å². The van der Waals surface area contributed by atoms with E-state index in [1.165, 1.54) is 5.56 Å².